The van der Waals surface area contributed by atoms with Gasteiger partial charge < -0.3 is 9.84 Å². The van der Waals surface area contributed by atoms with Crippen molar-refractivity contribution in [2.45, 2.75) is 66.9 Å². The molecule has 0 aromatic heterocycles. The summed E-state index contributed by atoms with van der Waals surface area (Å²) >= 11 is 0. The van der Waals surface area contributed by atoms with Crippen molar-refractivity contribution in [3.05, 3.63) is 11.6 Å². The molecule has 0 radical (unpaired) electrons. The zero-order chi connectivity index (χ0) is 15.7. The summed E-state index contributed by atoms with van der Waals surface area (Å²) in [6.45, 7) is 12.5. The Labute approximate surface area is 124 Å². The van der Waals surface area contributed by atoms with Gasteiger partial charge in [-0.25, -0.2) is 4.79 Å². The molecule has 0 aliphatic heterocycles. The summed E-state index contributed by atoms with van der Waals surface area (Å²) in [6.07, 6.45) is 4.42. The SMILES string of the molecule is CCOC(=O)/C(C)=C/[C@H](C)[C@@H](O)CC[C@H](C)CC(C)C. The number of esters is 1. The molecular weight excluding hydrogens is 252 g/mol. The Morgan fingerprint density at radius 2 is 1.80 bits per heavy atom. The van der Waals surface area contributed by atoms with Crippen LogP contribution in [-0.2, 0) is 9.53 Å². The molecule has 0 saturated heterocycles. The Kier molecular flexibility index (Phi) is 9.56. The predicted molar refractivity (Wildman–Crippen MR) is 83.4 cm³/mol. The van der Waals surface area contributed by atoms with Crippen molar-refractivity contribution >= 4 is 5.97 Å². The van der Waals surface area contributed by atoms with E-state index >= 15 is 0 Å². The molecule has 118 valence electrons. The van der Waals surface area contributed by atoms with E-state index in [1.54, 1.807) is 13.8 Å². The lowest BCUT2D eigenvalue weighted by molar-refractivity contribution is -0.138. The van der Waals surface area contributed by atoms with Gasteiger partial charge in [0.15, 0.2) is 0 Å². The summed E-state index contributed by atoms with van der Waals surface area (Å²) in [5.74, 6) is 1.02. The molecule has 0 unspecified atom stereocenters. The molecule has 0 heterocycles. The topological polar surface area (TPSA) is 46.5 Å². The first-order chi connectivity index (χ1) is 9.27. The second kappa shape index (κ2) is 9.98. The van der Waals surface area contributed by atoms with Crippen LogP contribution in [0.5, 0.6) is 0 Å². The maximum absolute atomic E-state index is 11.5. The third-order valence-corrected chi connectivity index (χ3v) is 3.55. The third kappa shape index (κ3) is 8.36. The largest absolute Gasteiger partial charge is 0.463 e. The molecule has 0 spiro atoms. The first-order valence-electron chi connectivity index (χ1n) is 7.81. The van der Waals surface area contributed by atoms with Crippen LogP contribution in [0.3, 0.4) is 0 Å². The van der Waals surface area contributed by atoms with Crippen molar-refractivity contribution in [2.75, 3.05) is 6.61 Å². The molecule has 0 saturated carbocycles. The van der Waals surface area contributed by atoms with Crippen molar-refractivity contribution in [1.82, 2.24) is 0 Å². The number of carbonyl (C=O) groups excluding carboxylic acids is 1. The molecule has 3 atom stereocenters. The monoisotopic (exact) mass is 284 g/mol. The Morgan fingerprint density at radius 3 is 2.30 bits per heavy atom. The number of aliphatic hydroxyl groups excluding tert-OH is 1. The van der Waals surface area contributed by atoms with Crippen molar-refractivity contribution < 1.29 is 14.6 Å². The molecule has 0 aliphatic rings. The summed E-state index contributed by atoms with van der Waals surface area (Å²) in [5.41, 5.74) is 0.577. The molecule has 0 aromatic carbocycles. The highest BCUT2D eigenvalue weighted by molar-refractivity contribution is 5.87. The molecule has 3 nitrogen and oxygen atoms in total. The van der Waals surface area contributed by atoms with Crippen LogP contribution < -0.4 is 0 Å². The number of hydrogen-bond acceptors (Lipinski definition) is 3. The fourth-order valence-corrected chi connectivity index (χ4v) is 2.46. The fraction of sp³-hybridized carbons (Fsp3) is 0.824. The smallest absolute Gasteiger partial charge is 0.333 e. The summed E-state index contributed by atoms with van der Waals surface area (Å²) in [5, 5.41) is 10.2. The van der Waals surface area contributed by atoms with Gasteiger partial charge in [-0.05, 0) is 44.9 Å². The second-order valence-corrected chi connectivity index (χ2v) is 6.31. The molecule has 0 fully saturated rings. The van der Waals surface area contributed by atoms with E-state index < -0.39 is 6.10 Å². The van der Waals surface area contributed by atoms with Crippen LogP contribution in [-0.4, -0.2) is 23.8 Å². The van der Waals surface area contributed by atoms with E-state index in [-0.39, 0.29) is 11.9 Å². The summed E-state index contributed by atoms with van der Waals surface area (Å²) in [6, 6.07) is 0. The molecular formula is C17H32O3. The molecule has 3 heteroatoms. The standard InChI is InChI=1S/C17H32O3/c1-7-20-17(19)15(6)11-14(5)16(18)9-8-13(4)10-12(2)3/h11-14,16,18H,7-10H2,1-6H3/b15-11+/t13-,14-,16-/m0/s1. The average molecular weight is 284 g/mol. The van der Waals surface area contributed by atoms with Gasteiger partial charge in [0.2, 0.25) is 0 Å². The maximum Gasteiger partial charge on any atom is 0.333 e. The van der Waals surface area contributed by atoms with Crippen molar-refractivity contribution in [2.24, 2.45) is 17.8 Å². The van der Waals surface area contributed by atoms with Gasteiger partial charge in [-0.3, -0.25) is 0 Å². The van der Waals surface area contributed by atoms with Gasteiger partial charge in [0.05, 0.1) is 12.7 Å². The van der Waals surface area contributed by atoms with Crippen LogP contribution in [0, 0.1) is 17.8 Å². The first kappa shape index (κ1) is 19.2. The Bertz CT molecular complexity index is 307. The van der Waals surface area contributed by atoms with E-state index in [2.05, 4.69) is 20.8 Å². The van der Waals surface area contributed by atoms with Gasteiger partial charge in [0.1, 0.15) is 0 Å². The van der Waals surface area contributed by atoms with Crippen LogP contribution in [0.1, 0.15) is 60.8 Å². The number of aliphatic hydroxyl groups is 1. The number of rotatable bonds is 9. The molecule has 0 rings (SSSR count). The first-order valence-corrected chi connectivity index (χ1v) is 7.81. The lowest BCUT2D eigenvalue weighted by Gasteiger charge is -2.19. The zero-order valence-corrected chi connectivity index (χ0v) is 14.0. The Hall–Kier alpha value is -0.830. The number of ether oxygens (including phenoxy) is 1. The van der Waals surface area contributed by atoms with E-state index in [0.29, 0.717) is 24.0 Å². The Balaban J connectivity index is 4.24. The van der Waals surface area contributed by atoms with Gasteiger partial charge >= 0.3 is 5.97 Å². The lowest BCUT2D eigenvalue weighted by atomic mass is 9.90. The summed E-state index contributed by atoms with van der Waals surface area (Å²) < 4.78 is 4.94. The minimum absolute atomic E-state index is 0.0225. The van der Waals surface area contributed by atoms with Gasteiger partial charge in [-0.2, -0.15) is 0 Å². The molecule has 0 aliphatic carbocycles. The van der Waals surface area contributed by atoms with E-state index in [1.807, 2.05) is 13.0 Å². The van der Waals surface area contributed by atoms with Gasteiger partial charge in [-0.1, -0.05) is 33.8 Å². The van der Waals surface area contributed by atoms with E-state index in [1.165, 1.54) is 6.42 Å². The van der Waals surface area contributed by atoms with Crippen molar-refractivity contribution in [3.8, 4) is 0 Å². The van der Waals surface area contributed by atoms with Gasteiger partial charge in [0, 0.05) is 11.5 Å². The molecule has 0 bridgehead atoms. The molecule has 1 N–H and O–H groups in total. The third-order valence-electron chi connectivity index (χ3n) is 3.55. The predicted octanol–water partition coefficient (Wildman–Crippen LogP) is 3.96. The zero-order valence-electron chi connectivity index (χ0n) is 14.0. The normalized spacial score (nSPS) is 16.9. The number of carbonyl (C=O) groups is 1. The van der Waals surface area contributed by atoms with Crippen LogP contribution in [0.15, 0.2) is 11.6 Å². The Morgan fingerprint density at radius 1 is 1.20 bits per heavy atom. The van der Waals surface area contributed by atoms with Crippen LogP contribution >= 0.6 is 0 Å². The minimum atomic E-state index is -0.394. The highest BCUT2D eigenvalue weighted by atomic mass is 16.5. The quantitative estimate of drug-likeness (QED) is 0.515. The molecule has 0 amide bonds. The lowest BCUT2D eigenvalue weighted by Crippen LogP contribution is -2.18. The second-order valence-electron chi connectivity index (χ2n) is 6.31. The van der Waals surface area contributed by atoms with Gasteiger partial charge in [-0.15, -0.1) is 0 Å². The van der Waals surface area contributed by atoms with E-state index in [0.717, 1.165) is 12.8 Å². The molecule has 0 aromatic rings. The van der Waals surface area contributed by atoms with Crippen molar-refractivity contribution in [3.63, 3.8) is 0 Å². The number of hydrogen-bond donors (Lipinski definition) is 1. The van der Waals surface area contributed by atoms with Crippen LogP contribution in [0.25, 0.3) is 0 Å². The average Bonchev–Trinajstić information content (AvgIpc) is 2.35. The fourth-order valence-electron chi connectivity index (χ4n) is 2.46. The van der Waals surface area contributed by atoms with Crippen LogP contribution in [0.4, 0.5) is 0 Å². The maximum atomic E-state index is 11.5. The highest BCUT2D eigenvalue weighted by Crippen LogP contribution is 2.20. The van der Waals surface area contributed by atoms with Gasteiger partial charge in [0.25, 0.3) is 0 Å². The molecule has 20 heavy (non-hydrogen) atoms. The summed E-state index contributed by atoms with van der Waals surface area (Å²) in [4.78, 5) is 11.5. The van der Waals surface area contributed by atoms with Crippen LogP contribution in [0.2, 0.25) is 0 Å². The van der Waals surface area contributed by atoms with E-state index in [9.17, 15) is 9.90 Å². The minimum Gasteiger partial charge on any atom is -0.463 e. The van der Waals surface area contributed by atoms with E-state index in [4.69, 9.17) is 4.74 Å². The van der Waals surface area contributed by atoms with Crippen molar-refractivity contribution in [1.29, 1.82) is 0 Å². The highest BCUT2D eigenvalue weighted by Gasteiger charge is 2.16. The summed E-state index contributed by atoms with van der Waals surface area (Å²) in [7, 11) is 0.